The Kier molecular flexibility index (Phi) is 8.36. The molecule has 1 fully saturated rings. The predicted octanol–water partition coefficient (Wildman–Crippen LogP) is 4.36. The fraction of sp³-hybridized carbons (Fsp3) is 0.440. The Morgan fingerprint density at radius 3 is 2.47 bits per heavy atom. The van der Waals surface area contributed by atoms with Crippen molar-refractivity contribution >= 4 is 23.3 Å². The highest BCUT2D eigenvalue weighted by Crippen LogP contribution is 2.30. The van der Waals surface area contributed by atoms with Crippen LogP contribution in [-0.2, 0) is 11.2 Å². The highest BCUT2D eigenvalue weighted by atomic mass is 16.4. The molecule has 0 aliphatic carbocycles. The average Bonchev–Trinajstić information content (AvgIpc) is 2.81. The minimum Gasteiger partial charge on any atom is -0.481 e. The van der Waals surface area contributed by atoms with Crippen molar-refractivity contribution in [2.24, 2.45) is 15.9 Å². The summed E-state index contributed by atoms with van der Waals surface area (Å²) in [6.45, 7) is 5.99. The number of hydrogen-bond acceptors (Lipinski definition) is 5. The van der Waals surface area contributed by atoms with Crippen molar-refractivity contribution in [3.05, 3.63) is 59.3 Å². The number of carboxylic acids is 1. The zero-order chi connectivity index (χ0) is 22.9. The highest BCUT2D eigenvalue weighted by Gasteiger charge is 2.21. The molecular weight excluding hydrogens is 402 g/mol. The van der Waals surface area contributed by atoms with Crippen molar-refractivity contribution in [1.82, 2.24) is 4.98 Å². The second-order valence-electron chi connectivity index (χ2n) is 8.40. The number of anilines is 1. The lowest BCUT2D eigenvalue weighted by molar-refractivity contribution is -0.136. The second-order valence-corrected chi connectivity index (χ2v) is 8.40. The number of carbonyl (C=O) groups is 1. The maximum absolute atomic E-state index is 10.8. The Morgan fingerprint density at radius 1 is 1.16 bits per heavy atom. The molecule has 2 aromatic rings. The van der Waals surface area contributed by atoms with E-state index in [1.807, 2.05) is 31.2 Å². The predicted molar refractivity (Wildman–Crippen MR) is 130 cm³/mol. The van der Waals surface area contributed by atoms with Gasteiger partial charge in [0.2, 0.25) is 0 Å². The smallest absolute Gasteiger partial charge is 0.307 e. The number of aromatic nitrogens is 1. The van der Waals surface area contributed by atoms with Crippen molar-refractivity contribution in [2.45, 2.75) is 58.3 Å². The van der Waals surface area contributed by atoms with E-state index in [4.69, 9.17) is 10.8 Å². The maximum atomic E-state index is 10.8. The van der Waals surface area contributed by atoms with Gasteiger partial charge in [0.25, 0.3) is 0 Å². The molecule has 0 unspecified atom stereocenters. The standard InChI is InChI=1S/C25H33N5O2/c1-3-4-5-18(2)28-29-25(26)22-10-11-23(27-17-22)30-14-12-21(13-15-30)20-8-6-19(7-9-20)16-24(31)32/h6-11,17,21H,3-5,12-16H2,1-2H3,(H2,26,29)(H,31,32)/b28-18-. The average molecular weight is 436 g/mol. The van der Waals surface area contributed by atoms with Crippen LogP contribution in [0.2, 0.25) is 0 Å². The summed E-state index contributed by atoms with van der Waals surface area (Å²) in [5, 5.41) is 17.3. The molecule has 0 amide bonds. The lowest BCUT2D eigenvalue weighted by Gasteiger charge is -2.33. The molecule has 0 saturated carbocycles. The first-order valence-electron chi connectivity index (χ1n) is 11.3. The summed E-state index contributed by atoms with van der Waals surface area (Å²) in [6.07, 6.45) is 7.08. The van der Waals surface area contributed by atoms with Gasteiger partial charge in [-0.1, -0.05) is 37.6 Å². The molecule has 1 aliphatic rings. The van der Waals surface area contributed by atoms with Crippen LogP contribution in [0.15, 0.2) is 52.8 Å². The number of rotatable bonds is 9. The van der Waals surface area contributed by atoms with Crippen molar-refractivity contribution in [1.29, 1.82) is 0 Å². The van der Waals surface area contributed by atoms with Gasteiger partial charge in [0.1, 0.15) is 5.82 Å². The van der Waals surface area contributed by atoms with Crippen LogP contribution in [0.25, 0.3) is 0 Å². The number of carboxylic acid groups (broad SMARTS) is 1. The van der Waals surface area contributed by atoms with Gasteiger partial charge in [0, 0.05) is 30.6 Å². The van der Waals surface area contributed by atoms with Gasteiger partial charge in [-0.15, -0.1) is 5.10 Å². The summed E-state index contributed by atoms with van der Waals surface area (Å²) in [6, 6.07) is 11.9. The number of benzene rings is 1. The Bertz CT molecular complexity index is 943. The summed E-state index contributed by atoms with van der Waals surface area (Å²) in [4.78, 5) is 17.7. The molecule has 3 N–H and O–H groups in total. The third-order valence-corrected chi connectivity index (χ3v) is 5.89. The summed E-state index contributed by atoms with van der Waals surface area (Å²) in [5.74, 6) is 1.01. The SMILES string of the molecule is CCCC/C(C)=N\N=C(N)c1ccc(N2CCC(c3ccc(CC(=O)O)cc3)CC2)nc1. The van der Waals surface area contributed by atoms with E-state index in [0.717, 1.165) is 67.9 Å². The van der Waals surface area contributed by atoms with E-state index < -0.39 is 5.97 Å². The van der Waals surface area contributed by atoms with E-state index >= 15 is 0 Å². The van der Waals surface area contributed by atoms with Gasteiger partial charge in [-0.25, -0.2) is 4.98 Å². The number of piperidine rings is 1. The van der Waals surface area contributed by atoms with Crippen LogP contribution in [0.5, 0.6) is 0 Å². The summed E-state index contributed by atoms with van der Waals surface area (Å²) in [7, 11) is 0. The van der Waals surface area contributed by atoms with E-state index in [1.54, 1.807) is 6.20 Å². The summed E-state index contributed by atoms with van der Waals surface area (Å²) in [5.41, 5.74) is 9.96. The van der Waals surface area contributed by atoms with Crippen LogP contribution in [0.3, 0.4) is 0 Å². The van der Waals surface area contributed by atoms with Crippen LogP contribution < -0.4 is 10.6 Å². The van der Waals surface area contributed by atoms with Gasteiger partial charge < -0.3 is 15.7 Å². The molecule has 1 aromatic heterocycles. The van der Waals surface area contributed by atoms with Crippen molar-refractivity contribution < 1.29 is 9.90 Å². The van der Waals surface area contributed by atoms with Gasteiger partial charge >= 0.3 is 5.97 Å². The molecule has 1 saturated heterocycles. The largest absolute Gasteiger partial charge is 0.481 e. The molecule has 0 bridgehead atoms. The van der Waals surface area contributed by atoms with E-state index in [-0.39, 0.29) is 6.42 Å². The fourth-order valence-corrected chi connectivity index (χ4v) is 3.93. The third kappa shape index (κ3) is 6.64. The van der Waals surface area contributed by atoms with Gasteiger partial charge in [-0.3, -0.25) is 4.79 Å². The topological polar surface area (TPSA) is 104 Å². The molecule has 32 heavy (non-hydrogen) atoms. The quantitative estimate of drug-likeness (QED) is 0.346. The van der Waals surface area contributed by atoms with Crippen LogP contribution in [0.4, 0.5) is 5.82 Å². The number of nitrogens with zero attached hydrogens (tertiary/aromatic N) is 4. The Morgan fingerprint density at radius 2 is 1.88 bits per heavy atom. The van der Waals surface area contributed by atoms with E-state index in [1.165, 1.54) is 5.56 Å². The molecule has 1 aliphatic heterocycles. The summed E-state index contributed by atoms with van der Waals surface area (Å²) < 4.78 is 0. The number of unbranched alkanes of at least 4 members (excludes halogenated alkanes) is 1. The molecule has 1 aromatic carbocycles. The lowest BCUT2D eigenvalue weighted by Crippen LogP contribution is -2.33. The van der Waals surface area contributed by atoms with Crippen LogP contribution in [0.1, 0.15) is 68.6 Å². The first-order chi connectivity index (χ1) is 15.5. The monoisotopic (exact) mass is 435 g/mol. The van der Waals surface area contributed by atoms with Crippen molar-refractivity contribution in [3.63, 3.8) is 0 Å². The van der Waals surface area contributed by atoms with Crippen molar-refractivity contribution in [2.75, 3.05) is 18.0 Å². The van der Waals surface area contributed by atoms with Crippen LogP contribution in [-0.4, -0.2) is 40.7 Å². The van der Waals surface area contributed by atoms with Crippen LogP contribution in [0, 0.1) is 0 Å². The van der Waals surface area contributed by atoms with Gasteiger partial charge in [-0.05, 0) is 61.8 Å². The van der Waals surface area contributed by atoms with Gasteiger partial charge in [0.15, 0.2) is 5.84 Å². The molecule has 7 heteroatoms. The third-order valence-electron chi connectivity index (χ3n) is 5.89. The number of amidine groups is 1. The molecule has 0 radical (unpaired) electrons. The normalized spacial score (nSPS) is 15.8. The van der Waals surface area contributed by atoms with E-state index in [2.05, 4.69) is 39.1 Å². The zero-order valence-corrected chi connectivity index (χ0v) is 19.0. The first kappa shape index (κ1) is 23.4. The van der Waals surface area contributed by atoms with E-state index in [9.17, 15) is 4.79 Å². The Labute approximate surface area is 190 Å². The lowest BCUT2D eigenvalue weighted by atomic mass is 9.89. The van der Waals surface area contributed by atoms with Gasteiger partial charge in [0.05, 0.1) is 6.42 Å². The minimum atomic E-state index is -0.799. The fourth-order valence-electron chi connectivity index (χ4n) is 3.93. The molecule has 0 atom stereocenters. The van der Waals surface area contributed by atoms with E-state index in [0.29, 0.717) is 11.8 Å². The Hall–Kier alpha value is -3.22. The van der Waals surface area contributed by atoms with Gasteiger partial charge in [-0.2, -0.15) is 5.10 Å². The highest BCUT2D eigenvalue weighted by molar-refractivity contribution is 5.97. The number of hydrogen-bond donors (Lipinski definition) is 2. The summed E-state index contributed by atoms with van der Waals surface area (Å²) >= 11 is 0. The van der Waals surface area contributed by atoms with Crippen molar-refractivity contribution in [3.8, 4) is 0 Å². The Balaban J connectivity index is 1.55. The zero-order valence-electron chi connectivity index (χ0n) is 19.0. The maximum Gasteiger partial charge on any atom is 0.307 e. The minimum absolute atomic E-state index is 0.0699. The van der Waals surface area contributed by atoms with Crippen LogP contribution >= 0.6 is 0 Å². The second kappa shape index (κ2) is 11.4. The number of pyridine rings is 1. The first-order valence-corrected chi connectivity index (χ1v) is 11.3. The number of nitrogens with two attached hydrogens (primary N) is 1. The molecule has 2 heterocycles. The number of aliphatic carboxylic acids is 1. The molecule has 7 nitrogen and oxygen atoms in total. The molecular formula is C25H33N5O2. The molecule has 170 valence electrons. The molecule has 0 spiro atoms. The molecule has 3 rings (SSSR count).